The lowest BCUT2D eigenvalue weighted by molar-refractivity contribution is 0.415. The number of ether oxygens (including phenoxy) is 1. The van der Waals surface area contributed by atoms with Crippen molar-refractivity contribution in [2.24, 2.45) is 0 Å². The minimum Gasteiger partial charge on any atom is -0.497 e. The third kappa shape index (κ3) is 3.26. The molecule has 3 heteroatoms. The Labute approximate surface area is 129 Å². The first-order valence-corrected chi connectivity index (χ1v) is 7.98. The van der Waals surface area contributed by atoms with E-state index in [1.165, 1.54) is 21.2 Å². The van der Waals surface area contributed by atoms with Gasteiger partial charge in [0.15, 0.2) is 0 Å². The first kappa shape index (κ1) is 14.1. The molecular formula is C18H19NOS. The highest BCUT2D eigenvalue weighted by atomic mass is 32.1. The van der Waals surface area contributed by atoms with Crippen LogP contribution in [0.15, 0.2) is 53.9 Å². The third-order valence-electron chi connectivity index (χ3n) is 3.69. The van der Waals surface area contributed by atoms with E-state index in [1.807, 2.05) is 6.07 Å². The molecule has 2 aromatic carbocycles. The molecule has 0 aliphatic carbocycles. The Morgan fingerprint density at radius 2 is 1.90 bits per heavy atom. The zero-order valence-corrected chi connectivity index (χ0v) is 13.1. The molecule has 0 aliphatic rings. The van der Waals surface area contributed by atoms with Crippen LogP contribution in [0.5, 0.6) is 5.75 Å². The molecule has 3 aromatic rings. The maximum Gasteiger partial charge on any atom is 0.119 e. The van der Waals surface area contributed by atoms with Gasteiger partial charge in [-0.3, -0.25) is 0 Å². The number of hydrogen-bond donors (Lipinski definition) is 1. The number of nitrogens with one attached hydrogen (secondary N) is 1. The molecule has 0 spiro atoms. The standard InChI is InChI=1S/C18H19NOS/c1-13(18-4-3-9-21-18)19-12-14-5-6-16-11-17(20-2)8-7-15(16)10-14/h3-11,13,19H,12H2,1-2H3/t13-/m1/s1. The van der Waals surface area contributed by atoms with Crippen LogP contribution in [0.2, 0.25) is 0 Å². The number of methoxy groups -OCH3 is 1. The summed E-state index contributed by atoms with van der Waals surface area (Å²) in [5.74, 6) is 0.902. The van der Waals surface area contributed by atoms with E-state index in [4.69, 9.17) is 4.74 Å². The molecule has 1 atom stereocenters. The molecule has 1 N–H and O–H groups in total. The molecule has 21 heavy (non-hydrogen) atoms. The SMILES string of the molecule is COc1ccc2cc(CN[C@H](C)c3cccs3)ccc2c1. The maximum absolute atomic E-state index is 5.26. The van der Waals surface area contributed by atoms with E-state index in [9.17, 15) is 0 Å². The van der Waals surface area contributed by atoms with E-state index in [2.05, 4.69) is 60.1 Å². The highest BCUT2D eigenvalue weighted by Gasteiger charge is 2.06. The molecule has 2 nitrogen and oxygen atoms in total. The minimum absolute atomic E-state index is 0.386. The zero-order valence-electron chi connectivity index (χ0n) is 12.3. The summed E-state index contributed by atoms with van der Waals surface area (Å²) in [6, 6.07) is 17.4. The van der Waals surface area contributed by atoms with Gasteiger partial charge in [0.1, 0.15) is 5.75 Å². The average molecular weight is 297 g/mol. The molecule has 1 aromatic heterocycles. The van der Waals surface area contributed by atoms with Crippen LogP contribution in [0, 0.1) is 0 Å². The van der Waals surface area contributed by atoms with Crippen molar-refractivity contribution in [1.82, 2.24) is 5.32 Å². The Morgan fingerprint density at radius 3 is 2.67 bits per heavy atom. The van der Waals surface area contributed by atoms with Gasteiger partial charge in [0, 0.05) is 17.5 Å². The van der Waals surface area contributed by atoms with Gasteiger partial charge in [0.2, 0.25) is 0 Å². The van der Waals surface area contributed by atoms with Gasteiger partial charge in [-0.05, 0) is 52.9 Å². The number of benzene rings is 2. The number of hydrogen-bond acceptors (Lipinski definition) is 3. The summed E-state index contributed by atoms with van der Waals surface area (Å²) in [5, 5.41) is 8.16. The normalized spacial score (nSPS) is 12.5. The molecule has 0 saturated carbocycles. The van der Waals surface area contributed by atoms with E-state index in [0.29, 0.717) is 6.04 Å². The summed E-state index contributed by atoms with van der Waals surface area (Å²) in [4.78, 5) is 1.38. The van der Waals surface area contributed by atoms with Crippen molar-refractivity contribution in [2.45, 2.75) is 19.5 Å². The van der Waals surface area contributed by atoms with E-state index in [-0.39, 0.29) is 0 Å². The van der Waals surface area contributed by atoms with Gasteiger partial charge in [0.05, 0.1) is 7.11 Å². The molecule has 0 saturated heterocycles. The molecule has 0 unspecified atom stereocenters. The fraction of sp³-hybridized carbons (Fsp3) is 0.222. The van der Waals surface area contributed by atoms with Gasteiger partial charge >= 0.3 is 0 Å². The second-order valence-electron chi connectivity index (χ2n) is 5.17. The van der Waals surface area contributed by atoms with Crippen molar-refractivity contribution in [1.29, 1.82) is 0 Å². The lowest BCUT2D eigenvalue weighted by atomic mass is 10.1. The smallest absolute Gasteiger partial charge is 0.119 e. The highest BCUT2D eigenvalue weighted by Crippen LogP contribution is 2.23. The summed E-state index contributed by atoms with van der Waals surface area (Å²) in [6.45, 7) is 3.08. The summed E-state index contributed by atoms with van der Waals surface area (Å²) in [7, 11) is 1.70. The molecule has 0 bridgehead atoms. The Balaban J connectivity index is 1.72. The van der Waals surface area contributed by atoms with Gasteiger partial charge < -0.3 is 10.1 Å². The average Bonchev–Trinajstić information content (AvgIpc) is 3.06. The molecule has 0 radical (unpaired) electrons. The Bertz CT molecular complexity index is 721. The third-order valence-corrected chi connectivity index (χ3v) is 4.75. The van der Waals surface area contributed by atoms with Crippen molar-refractivity contribution in [3.8, 4) is 5.75 Å². The topological polar surface area (TPSA) is 21.3 Å². The molecular weight excluding hydrogens is 278 g/mol. The highest BCUT2D eigenvalue weighted by molar-refractivity contribution is 7.10. The monoisotopic (exact) mass is 297 g/mol. The summed E-state index contributed by atoms with van der Waals surface area (Å²) < 4.78 is 5.26. The molecule has 0 amide bonds. The summed E-state index contributed by atoms with van der Waals surface area (Å²) >= 11 is 1.80. The van der Waals surface area contributed by atoms with Gasteiger partial charge in [-0.15, -0.1) is 11.3 Å². The zero-order chi connectivity index (χ0) is 14.7. The van der Waals surface area contributed by atoms with E-state index >= 15 is 0 Å². The fourth-order valence-corrected chi connectivity index (χ4v) is 3.18. The lowest BCUT2D eigenvalue weighted by Gasteiger charge is -2.12. The van der Waals surface area contributed by atoms with Crippen molar-refractivity contribution >= 4 is 22.1 Å². The minimum atomic E-state index is 0.386. The molecule has 0 aliphatic heterocycles. The largest absolute Gasteiger partial charge is 0.497 e. The fourth-order valence-electron chi connectivity index (χ4n) is 2.42. The second-order valence-corrected chi connectivity index (χ2v) is 6.14. The second kappa shape index (κ2) is 6.29. The number of fused-ring (bicyclic) bond motifs is 1. The van der Waals surface area contributed by atoms with Crippen molar-refractivity contribution in [3.05, 3.63) is 64.4 Å². The summed E-state index contributed by atoms with van der Waals surface area (Å²) in [6.07, 6.45) is 0. The predicted molar refractivity (Wildman–Crippen MR) is 90.1 cm³/mol. The van der Waals surface area contributed by atoms with Crippen molar-refractivity contribution in [2.75, 3.05) is 7.11 Å². The van der Waals surface area contributed by atoms with Crippen molar-refractivity contribution < 1.29 is 4.74 Å². The van der Waals surface area contributed by atoms with Crippen LogP contribution in [0.1, 0.15) is 23.4 Å². The van der Waals surface area contributed by atoms with Crippen LogP contribution in [-0.2, 0) is 6.54 Å². The van der Waals surface area contributed by atoms with Crippen molar-refractivity contribution in [3.63, 3.8) is 0 Å². The van der Waals surface area contributed by atoms with Crippen LogP contribution in [0.4, 0.5) is 0 Å². The Hall–Kier alpha value is -1.84. The van der Waals surface area contributed by atoms with Gasteiger partial charge in [-0.1, -0.05) is 24.3 Å². The lowest BCUT2D eigenvalue weighted by Crippen LogP contribution is -2.17. The van der Waals surface area contributed by atoms with Gasteiger partial charge in [-0.2, -0.15) is 0 Å². The molecule has 3 rings (SSSR count). The van der Waals surface area contributed by atoms with Gasteiger partial charge in [0.25, 0.3) is 0 Å². The summed E-state index contributed by atoms with van der Waals surface area (Å²) in [5.41, 5.74) is 1.30. The molecule has 1 heterocycles. The van der Waals surface area contributed by atoms with E-state index < -0.39 is 0 Å². The van der Waals surface area contributed by atoms with Gasteiger partial charge in [-0.25, -0.2) is 0 Å². The maximum atomic E-state index is 5.26. The van der Waals surface area contributed by atoms with E-state index in [1.54, 1.807) is 18.4 Å². The predicted octanol–water partition coefficient (Wildman–Crippen LogP) is 4.76. The first-order valence-electron chi connectivity index (χ1n) is 7.10. The number of rotatable bonds is 5. The molecule has 0 fully saturated rings. The first-order chi connectivity index (χ1) is 10.3. The Kier molecular flexibility index (Phi) is 4.23. The van der Waals surface area contributed by atoms with Crippen LogP contribution in [0.25, 0.3) is 10.8 Å². The van der Waals surface area contributed by atoms with Crippen LogP contribution in [0.3, 0.4) is 0 Å². The quantitative estimate of drug-likeness (QED) is 0.733. The van der Waals surface area contributed by atoms with Crippen LogP contribution >= 0.6 is 11.3 Å². The van der Waals surface area contributed by atoms with E-state index in [0.717, 1.165) is 12.3 Å². The van der Waals surface area contributed by atoms with Crippen LogP contribution < -0.4 is 10.1 Å². The van der Waals surface area contributed by atoms with Crippen LogP contribution in [-0.4, -0.2) is 7.11 Å². The molecule has 108 valence electrons. The Morgan fingerprint density at radius 1 is 1.10 bits per heavy atom. The number of thiophene rings is 1.